The molecule has 1 aromatic rings. The van der Waals surface area contributed by atoms with Crippen molar-refractivity contribution in [2.24, 2.45) is 17.8 Å². The number of fused-ring (bicyclic) bond motifs is 2. The molecular weight excluding hydrogens is 412 g/mol. The molecule has 2 aliphatic rings. The number of aliphatic hydroxyl groups excluding tert-OH is 2. The second-order valence-electron chi connectivity index (χ2n) is 9.22. The maximum atomic E-state index is 11.6. The molecule has 0 aliphatic heterocycles. The zero-order valence-electron chi connectivity index (χ0n) is 18.9. The number of hydrogen-bond donors (Lipinski definition) is 3. The Kier molecular flexibility index (Phi) is 8.93. The lowest BCUT2D eigenvalue weighted by Gasteiger charge is -2.32. The van der Waals surface area contributed by atoms with Crippen molar-refractivity contribution in [3.8, 4) is 5.75 Å². The fourth-order valence-electron chi connectivity index (χ4n) is 5.56. The molecule has 0 saturated heterocycles. The normalized spacial score (nSPS) is 25.0. The summed E-state index contributed by atoms with van der Waals surface area (Å²) in [6.45, 7) is 1.16. The van der Waals surface area contributed by atoms with Crippen LogP contribution in [0.1, 0.15) is 63.0 Å². The summed E-state index contributed by atoms with van der Waals surface area (Å²) < 4.78 is 11.0. The number of rotatable bonds is 12. The summed E-state index contributed by atoms with van der Waals surface area (Å²) in [4.78, 5) is 22.5. The number of esters is 1. The monoisotopic (exact) mass is 448 g/mol. The number of aliphatic hydroxyl groups is 2. The molecule has 0 radical (unpaired) electrons. The molecule has 0 amide bonds. The highest BCUT2D eigenvalue weighted by Gasteiger charge is 2.45. The Balaban J connectivity index is 1.65. The molecule has 2 aliphatic carbocycles. The van der Waals surface area contributed by atoms with E-state index >= 15 is 0 Å². The van der Waals surface area contributed by atoms with E-state index in [0.29, 0.717) is 24.0 Å². The highest BCUT2D eigenvalue weighted by atomic mass is 16.6. The molecule has 3 rings (SSSR count). The predicted octanol–water partition coefficient (Wildman–Crippen LogP) is 3.13. The molecule has 0 aromatic heterocycles. The van der Waals surface area contributed by atoms with Gasteiger partial charge in [0, 0.05) is 0 Å². The summed E-state index contributed by atoms with van der Waals surface area (Å²) in [5.74, 6) is -0.140. The zero-order chi connectivity index (χ0) is 23.1. The summed E-state index contributed by atoms with van der Waals surface area (Å²) in [5, 5.41) is 28.8. The van der Waals surface area contributed by atoms with E-state index in [4.69, 9.17) is 19.7 Å². The minimum atomic E-state index is -0.997. The van der Waals surface area contributed by atoms with E-state index < -0.39 is 24.6 Å². The van der Waals surface area contributed by atoms with E-state index in [0.717, 1.165) is 56.9 Å². The standard InChI is InChI=1S/C25H36O7/c1-2-3-4-7-18(32-25(30)14-26)9-10-19-20-11-16-6-5-8-23(31-15-24(28)29)21(16)12-17(20)13-22(19)27/h5-6,8,17-20,22,26-27H,2-4,7,9-15H2,1H3,(H,28,29)/t17-,18-,19+,20-,22+/m0/s1. The fraction of sp³-hybridized carbons (Fsp3) is 0.680. The van der Waals surface area contributed by atoms with E-state index in [1.165, 1.54) is 5.56 Å². The van der Waals surface area contributed by atoms with Gasteiger partial charge in [-0.2, -0.15) is 0 Å². The van der Waals surface area contributed by atoms with Crippen LogP contribution in [0, 0.1) is 17.8 Å². The number of ether oxygens (including phenoxy) is 2. The van der Waals surface area contributed by atoms with Gasteiger partial charge >= 0.3 is 11.9 Å². The second-order valence-corrected chi connectivity index (χ2v) is 9.22. The first-order valence-corrected chi connectivity index (χ1v) is 11.9. The second kappa shape index (κ2) is 11.7. The zero-order valence-corrected chi connectivity index (χ0v) is 18.9. The van der Waals surface area contributed by atoms with Crippen molar-refractivity contribution in [1.82, 2.24) is 0 Å². The first-order valence-electron chi connectivity index (χ1n) is 11.9. The largest absolute Gasteiger partial charge is 0.482 e. The molecule has 5 atom stereocenters. The molecule has 178 valence electrons. The van der Waals surface area contributed by atoms with Crippen LogP contribution in [0.3, 0.4) is 0 Å². The third-order valence-electron chi connectivity index (χ3n) is 7.08. The summed E-state index contributed by atoms with van der Waals surface area (Å²) in [6.07, 6.45) is 7.11. The quantitative estimate of drug-likeness (QED) is 0.333. The summed E-state index contributed by atoms with van der Waals surface area (Å²) >= 11 is 0. The van der Waals surface area contributed by atoms with Crippen LogP contribution in [0.25, 0.3) is 0 Å². The maximum Gasteiger partial charge on any atom is 0.341 e. The molecule has 0 unspecified atom stereocenters. The first kappa shape index (κ1) is 24.5. The number of hydrogen-bond acceptors (Lipinski definition) is 6. The van der Waals surface area contributed by atoms with Crippen molar-refractivity contribution >= 4 is 11.9 Å². The Hall–Kier alpha value is -2.12. The highest BCUT2D eigenvalue weighted by molar-refractivity contribution is 5.70. The number of benzene rings is 1. The van der Waals surface area contributed by atoms with Gasteiger partial charge in [-0.15, -0.1) is 0 Å². The van der Waals surface area contributed by atoms with Crippen molar-refractivity contribution in [2.75, 3.05) is 13.2 Å². The van der Waals surface area contributed by atoms with Crippen LogP contribution in [-0.2, 0) is 27.2 Å². The molecule has 3 N–H and O–H groups in total. The number of carbonyl (C=O) groups is 2. The van der Waals surface area contributed by atoms with Crippen molar-refractivity contribution in [3.05, 3.63) is 29.3 Å². The van der Waals surface area contributed by atoms with Gasteiger partial charge in [0.05, 0.1) is 6.10 Å². The molecule has 0 spiro atoms. The molecule has 0 heterocycles. The lowest BCUT2D eigenvalue weighted by molar-refractivity contribution is -0.153. The molecule has 7 heteroatoms. The summed E-state index contributed by atoms with van der Waals surface area (Å²) in [5.41, 5.74) is 2.23. The van der Waals surface area contributed by atoms with Crippen LogP contribution < -0.4 is 4.74 Å². The van der Waals surface area contributed by atoms with E-state index in [2.05, 4.69) is 13.0 Å². The maximum absolute atomic E-state index is 11.6. The van der Waals surface area contributed by atoms with Gasteiger partial charge in [-0.25, -0.2) is 9.59 Å². The van der Waals surface area contributed by atoms with E-state index in [1.807, 2.05) is 12.1 Å². The van der Waals surface area contributed by atoms with Crippen LogP contribution in [0.4, 0.5) is 0 Å². The van der Waals surface area contributed by atoms with Crippen molar-refractivity contribution in [1.29, 1.82) is 0 Å². The van der Waals surface area contributed by atoms with Gasteiger partial charge < -0.3 is 24.8 Å². The third-order valence-corrected chi connectivity index (χ3v) is 7.08. The molecule has 7 nitrogen and oxygen atoms in total. The number of carbonyl (C=O) groups excluding carboxylic acids is 1. The number of carboxylic acid groups (broad SMARTS) is 1. The van der Waals surface area contributed by atoms with Crippen LogP contribution in [0.2, 0.25) is 0 Å². The van der Waals surface area contributed by atoms with Crippen LogP contribution in [0.5, 0.6) is 5.75 Å². The molecule has 1 aromatic carbocycles. The van der Waals surface area contributed by atoms with Gasteiger partial charge in [0.15, 0.2) is 6.61 Å². The lowest BCUT2D eigenvalue weighted by Crippen LogP contribution is -2.29. The van der Waals surface area contributed by atoms with Gasteiger partial charge in [-0.1, -0.05) is 31.9 Å². The van der Waals surface area contributed by atoms with E-state index in [1.54, 1.807) is 0 Å². The SMILES string of the molecule is CCCCC[C@@H](CC[C@@H]1[C@H]2Cc3cccc(OCC(=O)O)c3C[C@H]2C[C@H]1O)OC(=O)CO. The van der Waals surface area contributed by atoms with Crippen LogP contribution >= 0.6 is 0 Å². The van der Waals surface area contributed by atoms with Gasteiger partial charge in [-0.05, 0) is 79.9 Å². The number of aliphatic carboxylic acids is 1. The van der Waals surface area contributed by atoms with Gasteiger partial charge in [-0.3, -0.25) is 0 Å². The molecule has 32 heavy (non-hydrogen) atoms. The fourth-order valence-corrected chi connectivity index (χ4v) is 5.56. The summed E-state index contributed by atoms with van der Waals surface area (Å²) in [7, 11) is 0. The Morgan fingerprint density at radius 3 is 2.72 bits per heavy atom. The predicted molar refractivity (Wildman–Crippen MR) is 118 cm³/mol. The molecular formula is C25H36O7. The molecule has 0 bridgehead atoms. The van der Waals surface area contributed by atoms with Crippen molar-refractivity contribution < 1.29 is 34.4 Å². The third kappa shape index (κ3) is 6.23. The Labute approximate surface area is 189 Å². The Morgan fingerprint density at radius 1 is 1.19 bits per heavy atom. The minimum absolute atomic E-state index is 0.137. The Bertz CT molecular complexity index is 778. The molecule has 1 saturated carbocycles. The lowest BCUT2D eigenvalue weighted by atomic mass is 9.73. The van der Waals surface area contributed by atoms with Crippen LogP contribution in [-0.4, -0.2) is 52.7 Å². The van der Waals surface area contributed by atoms with Gasteiger partial charge in [0.2, 0.25) is 0 Å². The topological polar surface area (TPSA) is 113 Å². The van der Waals surface area contributed by atoms with Crippen molar-refractivity contribution in [3.63, 3.8) is 0 Å². The summed E-state index contributed by atoms with van der Waals surface area (Å²) in [6, 6.07) is 5.79. The average molecular weight is 449 g/mol. The van der Waals surface area contributed by atoms with Gasteiger partial charge in [0.25, 0.3) is 0 Å². The van der Waals surface area contributed by atoms with Crippen LogP contribution in [0.15, 0.2) is 18.2 Å². The highest BCUT2D eigenvalue weighted by Crippen LogP contribution is 2.48. The van der Waals surface area contributed by atoms with Gasteiger partial charge in [0.1, 0.15) is 18.5 Å². The van der Waals surface area contributed by atoms with E-state index in [-0.39, 0.29) is 18.6 Å². The Morgan fingerprint density at radius 2 is 2.00 bits per heavy atom. The first-order chi connectivity index (χ1) is 15.4. The molecule has 1 fully saturated rings. The number of carboxylic acids is 1. The smallest absolute Gasteiger partial charge is 0.341 e. The average Bonchev–Trinajstić information content (AvgIpc) is 3.08. The minimum Gasteiger partial charge on any atom is -0.482 e. The number of unbranched alkanes of at least 4 members (excludes halogenated alkanes) is 2. The van der Waals surface area contributed by atoms with Crippen molar-refractivity contribution in [2.45, 2.75) is 76.9 Å². The van der Waals surface area contributed by atoms with E-state index in [9.17, 15) is 14.7 Å².